The van der Waals surface area contributed by atoms with Crippen molar-refractivity contribution in [3.8, 4) is 0 Å². The predicted molar refractivity (Wildman–Crippen MR) is 84.4 cm³/mol. The predicted octanol–water partition coefficient (Wildman–Crippen LogP) is 4.56. The molecule has 0 aromatic rings. The van der Waals surface area contributed by atoms with E-state index in [1.54, 1.807) is 6.08 Å². The number of carbonyl (C=O) groups is 1. The molecule has 3 nitrogen and oxygen atoms in total. The van der Waals surface area contributed by atoms with Gasteiger partial charge in [-0.25, -0.2) is 4.79 Å². The van der Waals surface area contributed by atoms with Gasteiger partial charge < -0.3 is 4.74 Å². The topological polar surface area (TPSA) is 38.3 Å². The summed E-state index contributed by atoms with van der Waals surface area (Å²) < 4.78 is 5.29. The molecule has 1 atom stereocenters. The molecule has 0 bridgehead atoms. The number of carbonyl (C=O) groups excluding carboxylic acids is 1. The van der Waals surface area contributed by atoms with Gasteiger partial charge in [0.1, 0.15) is 6.10 Å². The van der Waals surface area contributed by atoms with E-state index in [4.69, 9.17) is 4.74 Å². The summed E-state index contributed by atoms with van der Waals surface area (Å²) in [5, 5.41) is 3.47. The highest BCUT2D eigenvalue weighted by molar-refractivity contribution is 9.09. The van der Waals surface area contributed by atoms with E-state index in [0.717, 1.165) is 17.4 Å². The third kappa shape index (κ3) is 10.6. The summed E-state index contributed by atoms with van der Waals surface area (Å²) in [5.74, 6) is 0.506. The van der Waals surface area contributed by atoms with Crippen molar-refractivity contribution in [2.24, 2.45) is 5.92 Å². The van der Waals surface area contributed by atoms with E-state index in [0.29, 0.717) is 12.3 Å². The number of alkyl carbamates (subject to hydrolysis) is 1. The van der Waals surface area contributed by atoms with E-state index in [1.807, 2.05) is 25.2 Å². The second-order valence-corrected chi connectivity index (χ2v) is 5.36. The van der Waals surface area contributed by atoms with Crippen LogP contribution in [0.2, 0.25) is 0 Å². The summed E-state index contributed by atoms with van der Waals surface area (Å²) in [6.07, 6.45) is 8.47. The molecule has 0 rings (SSSR count). The van der Waals surface area contributed by atoms with Gasteiger partial charge in [0.05, 0.1) is 0 Å². The van der Waals surface area contributed by atoms with Crippen LogP contribution in [0, 0.1) is 5.92 Å². The van der Waals surface area contributed by atoms with Crippen LogP contribution in [0.4, 0.5) is 4.79 Å². The maximum absolute atomic E-state index is 11.7. The molecule has 0 heterocycles. The summed E-state index contributed by atoms with van der Waals surface area (Å²) in [4.78, 5) is 11.7. The zero-order chi connectivity index (χ0) is 14.7. The number of halogens is 1. The number of nitrogens with one attached hydrogen (secondary N) is 1. The van der Waals surface area contributed by atoms with Gasteiger partial charge in [0, 0.05) is 11.0 Å². The van der Waals surface area contributed by atoms with Gasteiger partial charge in [0.25, 0.3) is 0 Å². The average Bonchev–Trinajstić information content (AvgIpc) is 2.31. The Bertz CT molecular complexity index is 335. The highest BCUT2D eigenvalue weighted by atomic mass is 79.9. The zero-order valence-corrected chi connectivity index (χ0v) is 13.6. The Morgan fingerprint density at radius 2 is 2.11 bits per heavy atom. The third-order valence-electron chi connectivity index (χ3n) is 2.25. The number of amides is 1. The summed E-state index contributed by atoms with van der Waals surface area (Å²) >= 11 is 3.30. The first kappa shape index (κ1) is 18.0. The minimum absolute atomic E-state index is 0.0826. The van der Waals surface area contributed by atoms with Gasteiger partial charge in [-0.3, -0.25) is 5.32 Å². The molecule has 0 aliphatic heterocycles. The minimum Gasteiger partial charge on any atom is -0.446 e. The van der Waals surface area contributed by atoms with Gasteiger partial charge in [-0.1, -0.05) is 48.0 Å². The van der Waals surface area contributed by atoms with Crippen molar-refractivity contribution in [1.82, 2.24) is 5.32 Å². The Morgan fingerprint density at radius 3 is 2.63 bits per heavy atom. The van der Waals surface area contributed by atoms with Crippen LogP contribution < -0.4 is 5.32 Å². The van der Waals surface area contributed by atoms with Gasteiger partial charge in [0.2, 0.25) is 0 Å². The van der Waals surface area contributed by atoms with Crippen LogP contribution in [0.25, 0.3) is 0 Å². The molecule has 0 aromatic carbocycles. The molecule has 19 heavy (non-hydrogen) atoms. The molecule has 0 aromatic heterocycles. The van der Waals surface area contributed by atoms with Crippen LogP contribution in [0.15, 0.2) is 36.6 Å². The number of rotatable bonds is 8. The van der Waals surface area contributed by atoms with Crippen molar-refractivity contribution in [2.45, 2.75) is 39.7 Å². The molecule has 0 aliphatic rings. The van der Waals surface area contributed by atoms with Gasteiger partial charge in [-0.05, 0) is 31.8 Å². The Labute approximate surface area is 124 Å². The normalized spacial score (nSPS) is 13.6. The SMILES string of the molecule is C=CC/C=C(\C=C/CBr)NC(=O)OC(C)CC(C)C. The number of ether oxygens (including phenoxy) is 1. The van der Waals surface area contributed by atoms with E-state index in [2.05, 4.69) is 41.7 Å². The molecule has 1 N–H and O–H groups in total. The number of hydrogen-bond acceptors (Lipinski definition) is 2. The average molecular weight is 330 g/mol. The smallest absolute Gasteiger partial charge is 0.411 e. The van der Waals surface area contributed by atoms with E-state index >= 15 is 0 Å². The van der Waals surface area contributed by atoms with Crippen molar-refractivity contribution in [2.75, 3.05) is 5.33 Å². The summed E-state index contributed by atoms with van der Waals surface area (Å²) in [7, 11) is 0. The first-order valence-corrected chi connectivity index (χ1v) is 7.62. The maximum atomic E-state index is 11.7. The molecular formula is C15H24BrNO2. The lowest BCUT2D eigenvalue weighted by Gasteiger charge is -2.16. The molecule has 0 fully saturated rings. The van der Waals surface area contributed by atoms with Crippen molar-refractivity contribution >= 4 is 22.0 Å². The van der Waals surface area contributed by atoms with E-state index < -0.39 is 6.09 Å². The highest BCUT2D eigenvalue weighted by Crippen LogP contribution is 2.08. The molecule has 0 saturated heterocycles. The van der Waals surface area contributed by atoms with Crippen LogP contribution in [0.1, 0.15) is 33.6 Å². The lowest BCUT2D eigenvalue weighted by molar-refractivity contribution is 0.0979. The summed E-state index contributed by atoms with van der Waals surface area (Å²) in [6.45, 7) is 9.76. The van der Waals surface area contributed by atoms with Gasteiger partial charge in [-0.15, -0.1) is 6.58 Å². The highest BCUT2D eigenvalue weighted by Gasteiger charge is 2.11. The lowest BCUT2D eigenvalue weighted by Crippen LogP contribution is -2.27. The van der Waals surface area contributed by atoms with Crippen molar-refractivity contribution in [3.05, 3.63) is 36.6 Å². The fourth-order valence-corrected chi connectivity index (χ4v) is 1.77. The molecule has 1 unspecified atom stereocenters. The first-order valence-electron chi connectivity index (χ1n) is 6.50. The van der Waals surface area contributed by atoms with Crippen LogP contribution >= 0.6 is 15.9 Å². The monoisotopic (exact) mass is 329 g/mol. The maximum Gasteiger partial charge on any atom is 0.411 e. The van der Waals surface area contributed by atoms with Gasteiger partial charge in [0.15, 0.2) is 0 Å². The van der Waals surface area contributed by atoms with E-state index in [9.17, 15) is 4.79 Å². The van der Waals surface area contributed by atoms with Crippen LogP contribution in [0.5, 0.6) is 0 Å². The van der Waals surface area contributed by atoms with Crippen LogP contribution in [-0.4, -0.2) is 17.5 Å². The quantitative estimate of drug-likeness (QED) is 0.402. The second kappa shape index (κ2) is 10.9. The second-order valence-electron chi connectivity index (χ2n) is 4.71. The van der Waals surface area contributed by atoms with Crippen molar-refractivity contribution < 1.29 is 9.53 Å². The first-order chi connectivity index (χ1) is 8.99. The Kier molecular flexibility index (Phi) is 10.3. The van der Waals surface area contributed by atoms with Gasteiger partial charge >= 0.3 is 6.09 Å². The fourth-order valence-electron chi connectivity index (χ4n) is 1.58. The van der Waals surface area contributed by atoms with Crippen LogP contribution in [0.3, 0.4) is 0 Å². The molecule has 1 amide bonds. The molecule has 0 radical (unpaired) electrons. The Morgan fingerprint density at radius 1 is 1.42 bits per heavy atom. The van der Waals surface area contributed by atoms with E-state index in [1.165, 1.54) is 0 Å². The third-order valence-corrected chi connectivity index (χ3v) is 2.62. The summed E-state index contributed by atoms with van der Waals surface area (Å²) in [6, 6.07) is 0. The molecule has 0 spiro atoms. The molecule has 4 heteroatoms. The Balaban J connectivity index is 4.37. The lowest BCUT2D eigenvalue weighted by atomic mass is 10.1. The number of hydrogen-bond donors (Lipinski definition) is 1. The number of alkyl halides is 1. The van der Waals surface area contributed by atoms with Crippen LogP contribution in [-0.2, 0) is 4.74 Å². The standard InChI is InChI=1S/C15H24BrNO2/c1-5-6-8-14(9-7-10-16)17-15(18)19-13(4)11-12(2)3/h5,7-9,12-13H,1,6,10-11H2,2-4H3,(H,17,18)/b9-7-,14-8+. The summed E-state index contributed by atoms with van der Waals surface area (Å²) in [5.41, 5.74) is 0.723. The van der Waals surface area contributed by atoms with Crippen molar-refractivity contribution in [1.29, 1.82) is 0 Å². The fraction of sp³-hybridized carbons (Fsp3) is 0.533. The molecule has 0 aliphatic carbocycles. The largest absolute Gasteiger partial charge is 0.446 e. The molecule has 0 saturated carbocycles. The minimum atomic E-state index is -0.414. The van der Waals surface area contributed by atoms with Gasteiger partial charge in [-0.2, -0.15) is 0 Å². The Hall–Kier alpha value is -1.03. The van der Waals surface area contributed by atoms with E-state index in [-0.39, 0.29) is 6.10 Å². The number of allylic oxidation sites excluding steroid dienone is 4. The zero-order valence-electron chi connectivity index (χ0n) is 12.0. The molecule has 108 valence electrons. The molecular weight excluding hydrogens is 306 g/mol. The van der Waals surface area contributed by atoms with Crippen molar-refractivity contribution in [3.63, 3.8) is 0 Å².